The second-order valence-electron chi connectivity index (χ2n) is 4.93. The van der Waals surface area contributed by atoms with Crippen LogP contribution < -0.4 is 22.3 Å². The Kier molecular flexibility index (Phi) is 3.38. The van der Waals surface area contributed by atoms with Crippen molar-refractivity contribution in [3.63, 3.8) is 0 Å². The second kappa shape index (κ2) is 5.21. The molecule has 0 aliphatic heterocycles. The van der Waals surface area contributed by atoms with E-state index in [0.717, 1.165) is 24.1 Å². The van der Waals surface area contributed by atoms with Gasteiger partial charge in [0.05, 0.1) is 6.04 Å². The molecule has 0 bridgehead atoms. The van der Waals surface area contributed by atoms with Crippen LogP contribution in [0.4, 0.5) is 5.69 Å². The molecule has 2 aromatic heterocycles. The van der Waals surface area contributed by atoms with Gasteiger partial charge in [-0.25, -0.2) is 4.79 Å². The lowest BCUT2D eigenvalue weighted by Crippen LogP contribution is -2.36. The number of H-pyrrole nitrogens is 2. The van der Waals surface area contributed by atoms with Crippen LogP contribution in [0.2, 0.25) is 0 Å². The molecule has 2 aromatic rings. The smallest absolute Gasteiger partial charge is 0.326 e. The summed E-state index contributed by atoms with van der Waals surface area (Å²) in [7, 11) is 0. The fraction of sp³-hybridized carbons (Fsp3) is 0.308. The van der Waals surface area contributed by atoms with Gasteiger partial charge in [-0.2, -0.15) is 0 Å². The fourth-order valence-corrected chi connectivity index (χ4v) is 3.57. The van der Waals surface area contributed by atoms with Crippen molar-refractivity contribution in [3.8, 4) is 0 Å². The Hall–Kier alpha value is -2.35. The zero-order valence-electron chi connectivity index (χ0n) is 11.1. The van der Waals surface area contributed by atoms with Crippen molar-refractivity contribution in [3.05, 3.63) is 48.4 Å². The number of aromatic nitrogens is 2. The number of rotatable bonds is 2. The van der Waals surface area contributed by atoms with Crippen LogP contribution >= 0.6 is 11.3 Å². The lowest BCUT2D eigenvalue weighted by molar-refractivity contribution is 0.0929. The van der Waals surface area contributed by atoms with Crippen LogP contribution in [0, 0.1) is 0 Å². The fourth-order valence-electron chi connectivity index (χ4n) is 2.53. The lowest BCUT2D eigenvalue weighted by atomic mass is 9.95. The highest BCUT2D eigenvalue weighted by atomic mass is 32.1. The van der Waals surface area contributed by atoms with Crippen molar-refractivity contribution < 1.29 is 4.79 Å². The summed E-state index contributed by atoms with van der Waals surface area (Å²) in [5, 5.41) is 4.84. The Labute approximate surface area is 123 Å². The van der Waals surface area contributed by atoms with Crippen LogP contribution in [0.1, 0.15) is 39.8 Å². The SMILES string of the molecule is Nc1c(C(=O)NC2CCCc3ccsc32)[nH]c(=O)[nH]c1=O. The van der Waals surface area contributed by atoms with E-state index in [-0.39, 0.29) is 17.4 Å². The molecule has 5 N–H and O–H groups in total. The van der Waals surface area contributed by atoms with E-state index in [0.29, 0.717) is 0 Å². The molecule has 3 rings (SSSR count). The number of anilines is 1. The number of hydrogen-bond acceptors (Lipinski definition) is 5. The van der Waals surface area contributed by atoms with Gasteiger partial charge in [0.2, 0.25) is 0 Å². The number of amides is 1. The molecular formula is C13H14N4O3S. The number of aromatic amines is 2. The molecule has 1 atom stereocenters. The molecule has 1 amide bonds. The van der Waals surface area contributed by atoms with Gasteiger partial charge >= 0.3 is 5.69 Å². The van der Waals surface area contributed by atoms with Gasteiger partial charge in [-0.15, -0.1) is 11.3 Å². The number of nitrogens with one attached hydrogen (secondary N) is 3. The van der Waals surface area contributed by atoms with E-state index in [1.165, 1.54) is 5.56 Å². The number of hydrogen-bond donors (Lipinski definition) is 4. The predicted octanol–water partition coefficient (Wildman–Crippen LogP) is 0.514. The number of nitrogen functional groups attached to an aromatic ring is 1. The van der Waals surface area contributed by atoms with Crippen molar-refractivity contribution in [2.45, 2.75) is 25.3 Å². The van der Waals surface area contributed by atoms with Crippen molar-refractivity contribution in [1.29, 1.82) is 0 Å². The maximum Gasteiger partial charge on any atom is 0.326 e. The van der Waals surface area contributed by atoms with Crippen LogP contribution in [0.3, 0.4) is 0 Å². The van der Waals surface area contributed by atoms with Crippen molar-refractivity contribution in [1.82, 2.24) is 15.3 Å². The summed E-state index contributed by atoms with van der Waals surface area (Å²) in [6.07, 6.45) is 2.82. The number of thiophene rings is 1. The zero-order chi connectivity index (χ0) is 15.0. The van der Waals surface area contributed by atoms with Gasteiger partial charge < -0.3 is 16.0 Å². The quantitative estimate of drug-likeness (QED) is 0.646. The van der Waals surface area contributed by atoms with E-state index in [9.17, 15) is 14.4 Å². The third-order valence-corrected chi connectivity index (χ3v) is 4.62. The summed E-state index contributed by atoms with van der Waals surface area (Å²) in [6.45, 7) is 0. The molecule has 110 valence electrons. The van der Waals surface area contributed by atoms with E-state index in [2.05, 4.69) is 16.4 Å². The molecule has 0 saturated carbocycles. The van der Waals surface area contributed by atoms with Gasteiger partial charge in [0.25, 0.3) is 11.5 Å². The molecule has 1 unspecified atom stereocenters. The van der Waals surface area contributed by atoms with Crippen LogP contribution in [-0.2, 0) is 6.42 Å². The number of carbonyl (C=O) groups is 1. The summed E-state index contributed by atoms with van der Waals surface area (Å²) >= 11 is 1.60. The standard InChI is InChI=1S/C13H14N4O3S/c14-8-9(16-13(20)17-11(8)18)12(19)15-7-3-1-2-6-4-5-21-10(6)7/h4-5,7H,1-3,14H2,(H,15,19)(H2,16,17,18,20). The Morgan fingerprint density at radius 2 is 2.19 bits per heavy atom. The summed E-state index contributed by atoms with van der Waals surface area (Å²) in [5.74, 6) is -0.540. The molecule has 21 heavy (non-hydrogen) atoms. The maximum atomic E-state index is 12.3. The highest BCUT2D eigenvalue weighted by Gasteiger charge is 2.25. The van der Waals surface area contributed by atoms with E-state index < -0.39 is 17.2 Å². The van der Waals surface area contributed by atoms with Gasteiger partial charge in [-0.3, -0.25) is 14.6 Å². The van der Waals surface area contributed by atoms with Gasteiger partial charge in [-0.1, -0.05) is 0 Å². The van der Waals surface area contributed by atoms with Gasteiger partial charge in [-0.05, 0) is 36.3 Å². The Morgan fingerprint density at radius 1 is 1.38 bits per heavy atom. The van der Waals surface area contributed by atoms with Crippen molar-refractivity contribution >= 4 is 22.9 Å². The molecular weight excluding hydrogens is 292 g/mol. The zero-order valence-corrected chi connectivity index (χ0v) is 11.9. The molecule has 7 nitrogen and oxygen atoms in total. The third-order valence-electron chi connectivity index (χ3n) is 3.55. The first kappa shape index (κ1) is 13.6. The first-order chi connectivity index (χ1) is 10.1. The number of nitrogens with two attached hydrogens (primary N) is 1. The topological polar surface area (TPSA) is 121 Å². The van der Waals surface area contributed by atoms with Crippen LogP contribution in [0.25, 0.3) is 0 Å². The van der Waals surface area contributed by atoms with Crippen molar-refractivity contribution in [2.24, 2.45) is 0 Å². The average molecular weight is 306 g/mol. The minimum absolute atomic E-state index is 0.108. The first-order valence-corrected chi connectivity index (χ1v) is 7.43. The molecule has 1 aliphatic carbocycles. The lowest BCUT2D eigenvalue weighted by Gasteiger charge is -2.23. The molecule has 0 saturated heterocycles. The summed E-state index contributed by atoms with van der Waals surface area (Å²) in [4.78, 5) is 40.4. The highest BCUT2D eigenvalue weighted by Crippen LogP contribution is 2.33. The van der Waals surface area contributed by atoms with Crippen LogP contribution in [0.5, 0.6) is 0 Å². The molecule has 2 heterocycles. The van der Waals surface area contributed by atoms with Crippen LogP contribution in [-0.4, -0.2) is 15.9 Å². The Morgan fingerprint density at radius 3 is 3.00 bits per heavy atom. The Bertz CT molecular complexity index is 804. The normalized spacial score (nSPS) is 17.2. The molecule has 8 heteroatoms. The molecule has 0 radical (unpaired) electrons. The minimum Gasteiger partial charge on any atom is -0.392 e. The van der Waals surface area contributed by atoms with Gasteiger partial charge in [0.15, 0.2) is 0 Å². The molecule has 1 aliphatic rings. The summed E-state index contributed by atoms with van der Waals surface area (Å²) in [6, 6.07) is 1.95. The average Bonchev–Trinajstić information content (AvgIpc) is 2.92. The Balaban J connectivity index is 1.89. The number of carbonyl (C=O) groups excluding carboxylic acids is 1. The van der Waals surface area contributed by atoms with Gasteiger partial charge in [0.1, 0.15) is 11.4 Å². The monoisotopic (exact) mass is 306 g/mol. The molecule has 0 spiro atoms. The van der Waals surface area contributed by atoms with Crippen LogP contribution in [0.15, 0.2) is 21.0 Å². The summed E-state index contributed by atoms with van der Waals surface area (Å²) < 4.78 is 0. The number of fused-ring (bicyclic) bond motifs is 1. The minimum atomic E-state index is -0.760. The van der Waals surface area contributed by atoms with Gasteiger partial charge in [0, 0.05) is 4.88 Å². The third kappa shape index (κ3) is 2.49. The maximum absolute atomic E-state index is 12.3. The number of aryl methyl sites for hydroxylation is 1. The van der Waals surface area contributed by atoms with E-state index >= 15 is 0 Å². The van der Waals surface area contributed by atoms with Crippen molar-refractivity contribution in [2.75, 3.05) is 5.73 Å². The predicted molar refractivity (Wildman–Crippen MR) is 79.6 cm³/mol. The molecule has 0 aromatic carbocycles. The van der Waals surface area contributed by atoms with E-state index in [4.69, 9.17) is 5.73 Å². The van der Waals surface area contributed by atoms with E-state index in [1.807, 2.05) is 10.4 Å². The molecule has 0 fully saturated rings. The summed E-state index contributed by atoms with van der Waals surface area (Å²) in [5.41, 5.74) is 4.82. The largest absolute Gasteiger partial charge is 0.392 e. The highest BCUT2D eigenvalue weighted by molar-refractivity contribution is 7.10. The first-order valence-electron chi connectivity index (χ1n) is 6.55. The van der Waals surface area contributed by atoms with E-state index in [1.54, 1.807) is 11.3 Å². The second-order valence-corrected chi connectivity index (χ2v) is 5.87.